The first kappa shape index (κ1) is 46.5. The van der Waals surface area contributed by atoms with Gasteiger partial charge in [0.1, 0.15) is 0 Å². The molecule has 0 bridgehead atoms. The van der Waals surface area contributed by atoms with Gasteiger partial charge >= 0.3 is 0 Å². The van der Waals surface area contributed by atoms with E-state index in [1.807, 2.05) is 27.7 Å². The molecule has 4 aromatic carbocycles. The van der Waals surface area contributed by atoms with Gasteiger partial charge in [0.2, 0.25) is 6.43 Å². The maximum Gasteiger partial charge on any atom is 0.239 e. The summed E-state index contributed by atoms with van der Waals surface area (Å²) in [4.78, 5) is 20.6. The Morgan fingerprint density at radius 3 is 1.45 bits per heavy atom. The Balaban J connectivity index is 0.000000200. The average molecular weight is 1070 g/mol. The summed E-state index contributed by atoms with van der Waals surface area (Å²) < 4.78 is 57.7. The minimum Gasteiger partial charge on any atom is -0.512 e. The number of carbonyl (C=O) groups is 1. The number of fused-ring (bicyclic) bond motifs is 2. The fourth-order valence-electron chi connectivity index (χ4n) is 10.1. The molecule has 2 aliphatic rings. The van der Waals surface area contributed by atoms with Crippen molar-refractivity contribution < 1.29 is 44.3 Å². The van der Waals surface area contributed by atoms with Gasteiger partial charge in [0.05, 0.1) is 11.2 Å². The molecule has 0 aliphatic heterocycles. The summed E-state index contributed by atoms with van der Waals surface area (Å²) >= 11 is 0. The number of ketones is 1. The maximum atomic E-state index is 12.2. The third kappa shape index (κ3) is 13.3. The van der Waals surface area contributed by atoms with Crippen LogP contribution in [0.2, 0.25) is 0 Å². The molecule has 7 heteroatoms. The molecule has 0 amide bonds. The summed E-state index contributed by atoms with van der Waals surface area (Å²) in [6, 6.07) is 24.2. The number of aryl methyl sites for hydroxylation is 6. The topological polar surface area (TPSA) is 63.1 Å². The Hall–Kier alpha value is -4.58. The summed E-state index contributed by atoms with van der Waals surface area (Å²) in [6.45, 7) is 18.0. The van der Waals surface area contributed by atoms with Crippen LogP contribution in [-0.4, -0.2) is 27.3 Å². The Bertz CT molecular complexity index is 2630. The van der Waals surface area contributed by atoms with Crippen molar-refractivity contribution in [3.63, 3.8) is 0 Å². The smallest absolute Gasteiger partial charge is 0.239 e. The standard InChI is InChI=1S/2C23H24N.C13H22F2O2.Ir/c2*1-15-10-16(2)12-20(11-15)23-22-13-17(3)21(18-6-4-5-7-18)14-19(22)8-9-24-23;1-4-9(5-2)11(16)8-12(17)10(6-3)7-13(14)15;/h2*8-11,13-14,18H,4-7H2,1-3H3;8-10,13,17H,4-7H2,1-3H3;/q2*-1;;/b;;12-8-;/i2*8D,9D;;. The van der Waals surface area contributed by atoms with E-state index in [-0.39, 0.29) is 62.0 Å². The van der Waals surface area contributed by atoms with Crippen molar-refractivity contribution in [2.75, 3.05) is 0 Å². The normalized spacial score (nSPS) is 15.7. The van der Waals surface area contributed by atoms with Crippen molar-refractivity contribution in [2.24, 2.45) is 11.8 Å². The van der Waals surface area contributed by atoms with Gasteiger partial charge in [0.25, 0.3) is 0 Å². The van der Waals surface area contributed by atoms with E-state index in [0.717, 1.165) is 72.4 Å². The monoisotopic (exact) mass is 1070 g/mol. The van der Waals surface area contributed by atoms with Crippen LogP contribution < -0.4 is 0 Å². The zero-order chi connectivity index (χ0) is 50.3. The van der Waals surface area contributed by atoms with Crippen LogP contribution in [0, 0.1) is 65.5 Å². The second kappa shape index (κ2) is 24.4. The zero-order valence-corrected chi connectivity index (χ0v) is 42.8. The van der Waals surface area contributed by atoms with Crippen LogP contribution in [0.25, 0.3) is 44.1 Å². The molecule has 6 aromatic rings. The van der Waals surface area contributed by atoms with Crippen molar-refractivity contribution in [1.29, 1.82) is 0 Å². The number of nitrogens with zero attached hydrogens (tertiary/aromatic N) is 2. The van der Waals surface area contributed by atoms with Crippen LogP contribution in [0.15, 0.2) is 84.8 Å². The molecule has 2 fully saturated rings. The Kier molecular flexibility index (Phi) is 17.2. The van der Waals surface area contributed by atoms with Crippen LogP contribution in [0.3, 0.4) is 0 Å². The number of carbonyl (C=O) groups excluding carboxylic acids is 1. The van der Waals surface area contributed by atoms with E-state index in [1.54, 1.807) is 6.92 Å². The first-order valence-electron chi connectivity index (χ1n) is 25.9. The molecule has 0 spiro atoms. The maximum absolute atomic E-state index is 12.2. The summed E-state index contributed by atoms with van der Waals surface area (Å²) in [5.41, 5.74) is 13.1. The number of hydrogen-bond donors (Lipinski definition) is 1. The number of rotatable bonds is 12. The molecule has 4 nitrogen and oxygen atoms in total. The quantitative estimate of drug-likeness (QED) is 0.0754. The van der Waals surface area contributed by atoms with Crippen LogP contribution in [-0.2, 0) is 24.9 Å². The molecule has 66 heavy (non-hydrogen) atoms. The van der Waals surface area contributed by atoms with Crippen LogP contribution in [0.1, 0.15) is 160 Å². The minimum atomic E-state index is -2.46. The largest absolute Gasteiger partial charge is 0.512 e. The number of aromatic nitrogens is 2. The van der Waals surface area contributed by atoms with Gasteiger partial charge in [-0.1, -0.05) is 98.4 Å². The van der Waals surface area contributed by atoms with E-state index in [2.05, 4.69) is 98.3 Å². The van der Waals surface area contributed by atoms with E-state index < -0.39 is 18.8 Å². The first-order valence-corrected chi connectivity index (χ1v) is 23.9. The predicted molar refractivity (Wildman–Crippen MR) is 267 cm³/mol. The molecule has 1 N–H and O–H groups in total. The first-order chi connectivity index (χ1) is 32.8. The van der Waals surface area contributed by atoms with Gasteiger partial charge in [-0.2, -0.15) is 0 Å². The Morgan fingerprint density at radius 2 is 1.09 bits per heavy atom. The minimum absolute atomic E-state index is 0. The van der Waals surface area contributed by atoms with E-state index in [9.17, 15) is 18.7 Å². The molecule has 1 unspecified atom stereocenters. The molecule has 2 aromatic heterocycles. The van der Waals surface area contributed by atoms with E-state index in [0.29, 0.717) is 31.1 Å². The summed E-state index contributed by atoms with van der Waals surface area (Å²) in [5, 5.41) is 13.3. The van der Waals surface area contributed by atoms with Gasteiger partial charge in [-0.15, -0.1) is 69.8 Å². The van der Waals surface area contributed by atoms with Gasteiger partial charge in [-0.25, -0.2) is 8.78 Å². The number of hydrogen-bond acceptors (Lipinski definition) is 4. The number of alkyl halides is 2. The summed E-state index contributed by atoms with van der Waals surface area (Å²) in [7, 11) is 0. The molecular formula is C59H70F2IrN2O2-2. The predicted octanol–water partition coefficient (Wildman–Crippen LogP) is 16.7. The second-order valence-electron chi connectivity index (χ2n) is 18.6. The molecular weight excluding hydrogens is 999 g/mol. The molecule has 1 atom stereocenters. The van der Waals surface area contributed by atoms with Crippen molar-refractivity contribution in [1.82, 2.24) is 9.97 Å². The number of aliphatic hydroxyl groups excluding tert-OH is 1. The fourth-order valence-corrected chi connectivity index (χ4v) is 10.1. The van der Waals surface area contributed by atoms with Gasteiger partial charge in [0.15, 0.2) is 5.78 Å². The van der Waals surface area contributed by atoms with E-state index >= 15 is 0 Å². The van der Waals surface area contributed by atoms with E-state index in [1.165, 1.54) is 73.6 Å². The van der Waals surface area contributed by atoms with Gasteiger partial charge in [-0.3, -0.25) is 4.79 Å². The second-order valence-corrected chi connectivity index (χ2v) is 18.6. The third-order valence-electron chi connectivity index (χ3n) is 13.5. The molecule has 1 radical (unpaired) electrons. The number of benzene rings is 4. The van der Waals surface area contributed by atoms with Crippen molar-refractivity contribution in [3.8, 4) is 22.5 Å². The van der Waals surface area contributed by atoms with Crippen molar-refractivity contribution in [3.05, 3.63) is 141 Å². The van der Waals surface area contributed by atoms with Gasteiger partial charge in [-0.05, 0) is 138 Å². The van der Waals surface area contributed by atoms with E-state index in [4.69, 9.17) is 5.48 Å². The average Bonchev–Trinajstić information content (AvgIpc) is 4.04. The van der Waals surface area contributed by atoms with Crippen molar-refractivity contribution >= 4 is 27.3 Å². The SMILES string of the molecule is CCC(CC)C(=O)/C=C(\O)C(CC)CC(F)F.[2H]c1nc(-c2[c-]c(C)cc(C)c2)c2cc(C)c(C3CCCC3)cc2c1[2H].[2H]c1nc(-c2[c-]c(C)cc(C)c2)c2cc(C)c(C3CCCC3)cc2c1[2H].[Ir]. The summed E-state index contributed by atoms with van der Waals surface area (Å²) in [6.07, 6.45) is 10.3. The van der Waals surface area contributed by atoms with Crippen LogP contribution in [0.5, 0.6) is 0 Å². The number of allylic oxidation sites excluding steroid dienone is 2. The molecule has 2 saturated carbocycles. The number of pyridine rings is 2. The van der Waals surface area contributed by atoms with Crippen LogP contribution in [0.4, 0.5) is 8.78 Å². The molecule has 2 heterocycles. The summed E-state index contributed by atoms with van der Waals surface area (Å²) in [5.74, 6) is 0.0779. The molecule has 8 rings (SSSR count). The number of halogens is 2. The third-order valence-corrected chi connectivity index (χ3v) is 13.5. The molecule has 2 aliphatic carbocycles. The van der Waals surface area contributed by atoms with Gasteiger partial charge < -0.3 is 15.1 Å². The number of aliphatic hydroxyl groups is 1. The molecule has 353 valence electrons. The zero-order valence-electron chi connectivity index (χ0n) is 44.4. The molecule has 0 saturated heterocycles. The van der Waals surface area contributed by atoms with Crippen LogP contribution >= 0.6 is 0 Å². The Morgan fingerprint density at radius 1 is 0.682 bits per heavy atom. The Labute approximate surface area is 413 Å². The fraction of sp³-hybridized carbons (Fsp3) is 0.441. The van der Waals surface area contributed by atoms with Gasteiger partial charge in [0, 0.05) is 56.8 Å². The van der Waals surface area contributed by atoms with Crippen molar-refractivity contribution in [2.45, 2.75) is 158 Å².